The molecule has 0 saturated heterocycles. The van der Waals surface area contributed by atoms with E-state index in [1.165, 1.54) is 19.4 Å². The van der Waals surface area contributed by atoms with Crippen molar-refractivity contribution >= 4 is 6.29 Å². The molecule has 17 heavy (non-hydrogen) atoms. The number of hydrogen-bond acceptors (Lipinski definition) is 4. The topological polar surface area (TPSA) is 52.1 Å². The molecule has 2 aromatic heterocycles. The fourth-order valence-corrected chi connectivity index (χ4v) is 1.41. The number of carbonyl (C=O) groups excluding carboxylic acids is 1. The first-order valence-corrected chi connectivity index (χ1v) is 4.85. The van der Waals surface area contributed by atoms with Crippen LogP contribution < -0.4 is 4.74 Å². The Morgan fingerprint density at radius 1 is 1.29 bits per heavy atom. The van der Waals surface area contributed by atoms with Crippen molar-refractivity contribution in [2.45, 2.75) is 0 Å². The van der Waals surface area contributed by atoms with Gasteiger partial charge < -0.3 is 4.74 Å². The van der Waals surface area contributed by atoms with Gasteiger partial charge in [0.15, 0.2) is 6.29 Å². The molecule has 0 N–H and O–H groups in total. The van der Waals surface area contributed by atoms with E-state index in [9.17, 15) is 9.18 Å². The van der Waals surface area contributed by atoms with Gasteiger partial charge in [0.25, 0.3) is 0 Å². The first kappa shape index (κ1) is 11.2. The Labute approximate surface area is 97.1 Å². The predicted octanol–water partition coefficient (Wildman–Crippen LogP) is 2.10. The average Bonchev–Trinajstić information content (AvgIpc) is 2.39. The Bertz CT molecular complexity index is 558. The molecule has 0 amide bonds. The van der Waals surface area contributed by atoms with Gasteiger partial charge in [0.2, 0.25) is 11.8 Å². The van der Waals surface area contributed by atoms with Gasteiger partial charge in [0, 0.05) is 24.0 Å². The van der Waals surface area contributed by atoms with E-state index in [4.69, 9.17) is 4.74 Å². The van der Waals surface area contributed by atoms with E-state index >= 15 is 0 Å². The molecule has 0 atom stereocenters. The molecular formula is C12H9FN2O2. The summed E-state index contributed by atoms with van der Waals surface area (Å²) in [4.78, 5) is 18.1. The van der Waals surface area contributed by atoms with E-state index in [-0.39, 0.29) is 5.56 Å². The van der Waals surface area contributed by atoms with Crippen molar-refractivity contribution in [2.75, 3.05) is 7.11 Å². The van der Waals surface area contributed by atoms with Crippen LogP contribution in [0.4, 0.5) is 4.39 Å². The zero-order chi connectivity index (χ0) is 12.3. The third-order valence-corrected chi connectivity index (χ3v) is 2.27. The lowest BCUT2D eigenvalue weighted by Gasteiger charge is -2.04. The number of aromatic nitrogens is 2. The lowest BCUT2D eigenvalue weighted by atomic mass is 10.1. The van der Waals surface area contributed by atoms with Crippen LogP contribution in [-0.4, -0.2) is 23.4 Å². The van der Waals surface area contributed by atoms with Gasteiger partial charge >= 0.3 is 0 Å². The molecule has 5 heteroatoms. The van der Waals surface area contributed by atoms with Crippen LogP contribution in [0, 0.1) is 5.95 Å². The monoisotopic (exact) mass is 232 g/mol. The number of hydrogen-bond donors (Lipinski definition) is 0. The number of carbonyl (C=O) groups is 1. The molecule has 0 aromatic carbocycles. The van der Waals surface area contributed by atoms with Crippen molar-refractivity contribution in [1.29, 1.82) is 0 Å². The highest BCUT2D eigenvalue weighted by molar-refractivity contribution is 5.78. The van der Waals surface area contributed by atoms with Crippen LogP contribution in [0.5, 0.6) is 5.88 Å². The highest BCUT2D eigenvalue weighted by Gasteiger charge is 2.06. The van der Waals surface area contributed by atoms with Gasteiger partial charge in [-0.05, 0) is 17.7 Å². The van der Waals surface area contributed by atoms with E-state index in [0.717, 1.165) is 5.56 Å². The van der Waals surface area contributed by atoms with Gasteiger partial charge in [-0.1, -0.05) is 0 Å². The summed E-state index contributed by atoms with van der Waals surface area (Å²) in [5.74, 6) is -0.329. The first-order chi connectivity index (χ1) is 8.24. The number of halogens is 1. The minimum Gasteiger partial charge on any atom is -0.481 e. The summed E-state index contributed by atoms with van der Waals surface area (Å²) in [7, 11) is 1.51. The van der Waals surface area contributed by atoms with Gasteiger partial charge in [-0.2, -0.15) is 4.39 Å². The normalized spacial score (nSPS) is 10.0. The molecule has 2 aromatic rings. The zero-order valence-electron chi connectivity index (χ0n) is 9.05. The van der Waals surface area contributed by atoms with E-state index in [1.54, 1.807) is 18.3 Å². The van der Waals surface area contributed by atoms with E-state index in [0.29, 0.717) is 17.7 Å². The van der Waals surface area contributed by atoms with E-state index < -0.39 is 5.95 Å². The van der Waals surface area contributed by atoms with Gasteiger partial charge in [0.1, 0.15) is 0 Å². The molecule has 0 spiro atoms. The summed E-state index contributed by atoms with van der Waals surface area (Å²) >= 11 is 0. The number of pyridine rings is 2. The Morgan fingerprint density at radius 2 is 2.12 bits per heavy atom. The predicted molar refractivity (Wildman–Crippen MR) is 59.4 cm³/mol. The standard InChI is InChI=1S/C12H9FN2O2/c1-17-11-5-8(2-3-14-11)9-4-10(7-16)12(13)15-6-9/h2-7H,1H3. The fraction of sp³-hybridized carbons (Fsp3) is 0.0833. The molecule has 0 aliphatic heterocycles. The molecule has 0 saturated carbocycles. The third-order valence-electron chi connectivity index (χ3n) is 2.27. The second-order valence-electron chi connectivity index (χ2n) is 3.31. The van der Waals surface area contributed by atoms with Crippen LogP contribution in [0.3, 0.4) is 0 Å². The molecule has 2 heterocycles. The molecular weight excluding hydrogens is 223 g/mol. The lowest BCUT2D eigenvalue weighted by Crippen LogP contribution is -1.94. The molecule has 4 nitrogen and oxygen atoms in total. The Kier molecular flexibility index (Phi) is 3.09. The number of methoxy groups -OCH3 is 1. The maximum Gasteiger partial charge on any atom is 0.223 e. The van der Waals surface area contributed by atoms with Gasteiger partial charge in [-0.15, -0.1) is 0 Å². The van der Waals surface area contributed by atoms with Gasteiger partial charge in [-0.3, -0.25) is 4.79 Å². The summed E-state index contributed by atoms with van der Waals surface area (Å²) in [5, 5.41) is 0. The summed E-state index contributed by atoms with van der Waals surface area (Å²) in [6, 6.07) is 4.85. The SMILES string of the molecule is COc1cc(-c2cnc(F)c(C=O)c2)ccn1. The summed E-state index contributed by atoms with van der Waals surface area (Å²) in [6.45, 7) is 0. The zero-order valence-corrected chi connectivity index (χ0v) is 9.05. The molecule has 0 bridgehead atoms. The van der Waals surface area contributed by atoms with Crippen LogP contribution >= 0.6 is 0 Å². The molecule has 0 fully saturated rings. The van der Waals surface area contributed by atoms with Gasteiger partial charge in [0.05, 0.1) is 12.7 Å². The van der Waals surface area contributed by atoms with Crippen molar-refractivity contribution in [3.63, 3.8) is 0 Å². The highest BCUT2D eigenvalue weighted by atomic mass is 19.1. The Morgan fingerprint density at radius 3 is 2.82 bits per heavy atom. The van der Waals surface area contributed by atoms with Crippen LogP contribution in [0.1, 0.15) is 10.4 Å². The largest absolute Gasteiger partial charge is 0.481 e. The molecule has 86 valence electrons. The Hall–Kier alpha value is -2.30. The van der Waals surface area contributed by atoms with Crippen molar-refractivity contribution in [3.8, 4) is 17.0 Å². The minimum atomic E-state index is -0.773. The van der Waals surface area contributed by atoms with E-state index in [2.05, 4.69) is 9.97 Å². The molecule has 0 unspecified atom stereocenters. The molecule has 2 rings (SSSR count). The summed E-state index contributed by atoms with van der Waals surface area (Å²) in [6.07, 6.45) is 3.36. The van der Waals surface area contributed by atoms with Crippen LogP contribution in [0.25, 0.3) is 11.1 Å². The molecule has 0 radical (unpaired) electrons. The van der Waals surface area contributed by atoms with Crippen LogP contribution in [0.15, 0.2) is 30.6 Å². The van der Waals surface area contributed by atoms with Crippen LogP contribution in [-0.2, 0) is 0 Å². The quantitative estimate of drug-likeness (QED) is 0.600. The maximum absolute atomic E-state index is 13.1. The van der Waals surface area contributed by atoms with Crippen molar-refractivity contribution < 1.29 is 13.9 Å². The number of ether oxygens (including phenoxy) is 1. The third kappa shape index (κ3) is 2.28. The van der Waals surface area contributed by atoms with Crippen molar-refractivity contribution in [3.05, 3.63) is 42.1 Å². The van der Waals surface area contributed by atoms with Crippen LogP contribution in [0.2, 0.25) is 0 Å². The first-order valence-electron chi connectivity index (χ1n) is 4.85. The van der Waals surface area contributed by atoms with Gasteiger partial charge in [-0.25, -0.2) is 9.97 Å². The molecule has 0 aliphatic carbocycles. The summed E-state index contributed by atoms with van der Waals surface area (Å²) in [5.41, 5.74) is 1.32. The molecule has 0 aliphatic rings. The van der Waals surface area contributed by atoms with Crippen molar-refractivity contribution in [2.24, 2.45) is 0 Å². The maximum atomic E-state index is 13.1. The second kappa shape index (κ2) is 4.69. The highest BCUT2D eigenvalue weighted by Crippen LogP contribution is 2.22. The number of nitrogens with zero attached hydrogens (tertiary/aromatic N) is 2. The number of aldehydes is 1. The second-order valence-corrected chi connectivity index (χ2v) is 3.31. The van der Waals surface area contributed by atoms with Crippen molar-refractivity contribution in [1.82, 2.24) is 9.97 Å². The Balaban J connectivity index is 2.48. The fourth-order valence-electron chi connectivity index (χ4n) is 1.41. The smallest absolute Gasteiger partial charge is 0.223 e. The average molecular weight is 232 g/mol. The number of rotatable bonds is 3. The lowest BCUT2D eigenvalue weighted by molar-refractivity contribution is 0.111. The minimum absolute atomic E-state index is 0.0710. The van der Waals surface area contributed by atoms with E-state index in [1.807, 2.05) is 0 Å². The summed E-state index contributed by atoms with van der Waals surface area (Å²) < 4.78 is 18.0.